The number of ketones is 1. The van der Waals surface area contributed by atoms with Gasteiger partial charge in [-0.2, -0.15) is 0 Å². The number of carbonyl (C=O) groups is 1. The Bertz CT molecular complexity index is 615. The molecule has 0 unspecified atom stereocenters. The lowest BCUT2D eigenvalue weighted by molar-refractivity contribution is -0.121. The van der Waals surface area contributed by atoms with Crippen LogP contribution in [-0.4, -0.2) is 5.78 Å². The molecule has 2 rings (SSSR count). The van der Waals surface area contributed by atoms with E-state index in [1.54, 1.807) is 0 Å². The fraction of sp³-hybridized carbons (Fsp3) is 0.350. The Hall–Kier alpha value is -2.09. The molecule has 0 bridgehead atoms. The van der Waals surface area contributed by atoms with Gasteiger partial charge in [0.25, 0.3) is 0 Å². The van der Waals surface area contributed by atoms with Gasteiger partial charge in [0.2, 0.25) is 0 Å². The lowest BCUT2D eigenvalue weighted by atomic mass is 9.98. The molecule has 0 aromatic heterocycles. The van der Waals surface area contributed by atoms with Crippen molar-refractivity contribution in [1.29, 1.82) is 0 Å². The second-order valence-electron chi connectivity index (χ2n) is 5.98. The van der Waals surface area contributed by atoms with E-state index in [0.29, 0.717) is 12.2 Å². The lowest BCUT2D eigenvalue weighted by Gasteiger charge is -2.10. The summed E-state index contributed by atoms with van der Waals surface area (Å²) in [6, 6.07) is 15.9. The van der Waals surface area contributed by atoms with Crippen LogP contribution in [0, 0.1) is 12.8 Å². The first-order valence-corrected chi connectivity index (χ1v) is 7.91. The molecule has 0 aliphatic heterocycles. The third-order valence-corrected chi connectivity index (χ3v) is 3.81. The van der Waals surface area contributed by atoms with Gasteiger partial charge in [0.1, 0.15) is 17.3 Å². The average molecular weight is 296 g/mol. The molecule has 0 aliphatic rings. The van der Waals surface area contributed by atoms with E-state index in [4.69, 9.17) is 4.74 Å². The number of hydrogen-bond donors (Lipinski definition) is 0. The number of ether oxygens (including phenoxy) is 1. The Balaban J connectivity index is 1.93. The number of para-hydroxylation sites is 1. The number of benzene rings is 2. The van der Waals surface area contributed by atoms with E-state index < -0.39 is 0 Å². The average Bonchev–Trinajstić information content (AvgIpc) is 2.50. The zero-order valence-electron chi connectivity index (χ0n) is 13.6. The third kappa shape index (κ3) is 4.73. The fourth-order valence-electron chi connectivity index (χ4n) is 2.38. The van der Waals surface area contributed by atoms with Crippen LogP contribution in [0.15, 0.2) is 48.5 Å². The fourth-order valence-corrected chi connectivity index (χ4v) is 2.38. The van der Waals surface area contributed by atoms with Gasteiger partial charge in [0.15, 0.2) is 0 Å². The molecule has 116 valence electrons. The van der Waals surface area contributed by atoms with E-state index in [9.17, 15) is 4.79 Å². The van der Waals surface area contributed by atoms with Gasteiger partial charge in [-0.05, 0) is 55.2 Å². The first-order valence-electron chi connectivity index (χ1n) is 7.91. The zero-order chi connectivity index (χ0) is 15.9. The Kier molecular flexibility index (Phi) is 5.76. The van der Waals surface area contributed by atoms with Gasteiger partial charge in [-0.15, -0.1) is 0 Å². The van der Waals surface area contributed by atoms with Crippen molar-refractivity contribution in [3.63, 3.8) is 0 Å². The van der Waals surface area contributed by atoms with E-state index in [-0.39, 0.29) is 5.92 Å². The quantitative estimate of drug-likeness (QED) is 0.689. The van der Waals surface area contributed by atoms with Crippen LogP contribution < -0.4 is 4.74 Å². The molecule has 0 saturated heterocycles. The number of aryl methyl sites for hydroxylation is 2. The van der Waals surface area contributed by atoms with Crippen LogP contribution in [0.3, 0.4) is 0 Å². The van der Waals surface area contributed by atoms with Crippen LogP contribution in [0.25, 0.3) is 0 Å². The van der Waals surface area contributed by atoms with E-state index in [2.05, 4.69) is 19.1 Å². The topological polar surface area (TPSA) is 26.3 Å². The van der Waals surface area contributed by atoms with Crippen LogP contribution in [0.4, 0.5) is 0 Å². The molecule has 2 nitrogen and oxygen atoms in total. The predicted octanol–water partition coefficient (Wildman–Crippen LogP) is 5.34. The highest BCUT2D eigenvalue weighted by atomic mass is 16.5. The molecule has 0 N–H and O–H groups in total. The molecule has 0 radical (unpaired) electrons. The molecule has 0 saturated carbocycles. The largest absolute Gasteiger partial charge is 0.457 e. The Morgan fingerprint density at radius 1 is 1.05 bits per heavy atom. The molecule has 2 aromatic carbocycles. The maximum Gasteiger partial charge on any atom is 0.135 e. The standard InChI is InChI=1S/C20H24O2/c1-15(2)20(21)11-7-8-17-12-13-19(14-16(17)3)22-18-9-5-4-6-10-18/h4-6,9-10,12-15H,7-8,11H2,1-3H3. The van der Waals surface area contributed by atoms with Gasteiger partial charge in [-0.25, -0.2) is 0 Å². The van der Waals surface area contributed by atoms with E-state index in [1.165, 1.54) is 11.1 Å². The van der Waals surface area contributed by atoms with Crippen molar-refractivity contribution in [3.8, 4) is 11.5 Å². The van der Waals surface area contributed by atoms with Gasteiger partial charge >= 0.3 is 0 Å². The number of Topliss-reactive ketones (excluding diaryl/α,β-unsaturated/α-hetero) is 1. The number of carbonyl (C=O) groups excluding carboxylic acids is 1. The van der Waals surface area contributed by atoms with E-state index in [0.717, 1.165) is 24.3 Å². The minimum absolute atomic E-state index is 0.141. The Labute approximate surface area is 133 Å². The van der Waals surface area contributed by atoms with Crippen molar-refractivity contribution in [2.45, 2.75) is 40.0 Å². The van der Waals surface area contributed by atoms with Crippen LogP contribution in [-0.2, 0) is 11.2 Å². The van der Waals surface area contributed by atoms with Gasteiger partial charge in [-0.1, -0.05) is 38.1 Å². The summed E-state index contributed by atoms with van der Waals surface area (Å²) in [6.45, 7) is 6.02. The summed E-state index contributed by atoms with van der Waals surface area (Å²) in [5.74, 6) is 2.19. The summed E-state index contributed by atoms with van der Waals surface area (Å²) >= 11 is 0. The minimum atomic E-state index is 0.141. The maximum absolute atomic E-state index is 11.7. The van der Waals surface area contributed by atoms with Crippen LogP contribution >= 0.6 is 0 Å². The number of hydrogen-bond acceptors (Lipinski definition) is 2. The normalized spacial score (nSPS) is 10.7. The van der Waals surface area contributed by atoms with Crippen molar-refractivity contribution in [1.82, 2.24) is 0 Å². The Morgan fingerprint density at radius 3 is 2.41 bits per heavy atom. The van der Waals surface area contributed by atoms with Crippen LogP contribution in [0.5, 0.6) is 11.5 Å². The van der Waals surface area contributed by atoms with Gasteiger partial charge in [-0.3, -0.25) is 4.79 Å². The highest BCUT2D eigenvalue weighted by Crippen LogP contribution is 2.24. The molecule has 2 aromatic rings. The third-order valence-electron chi connectivity index (χ3n) is 3.81. The first-order chi connectivity index (χ1) is 10.6. The first kappa shape index (κ1) is 16.3. The summed E-state index contributed by atoms with van der Waals surface area (Å²) < 4.78 is 5.83. The molecule has 0 spiro atoms. The second-order valence-corrected chi connectivity index (χ2v) is 5.98. The summed E-state index contributed by atoms with van der Waals surface area (Å²) in [7, 11) is 0. The molecule has 0 atom stereocenters. The molecular formula is C20H24O2. The van der Waals surface area contributed by atoms with Crippen molar-refractivity contribution in [2.24, 2.45) is 5.92 Å². The molecule has 22 heavy (non-hydrogen) atoms. The molecule has 0 aliphatic carbocycles. The Morgan fingerprint density at radius 2 is 1.77 bits per heavy atom. The van der Waals surface area contributed by atoms with Crippen molar-refractivity contribution in [3.05, 3.63) is 59.7 Å². The highest BCUT2D eigenvalue weighted by Gasteiger charge is 2.08. The van der Waals surface area contributed by atoms with Gasteiger partial charge < -0.3 is 4.74 Å². The van der Waals surface area contributed by atoms with E-state index >= 15 is 0 Å². The number of rotatable bonds is 7. The highest BCUT2D eigenvalue weighted by molar-refractivity contribution is 5.80. The van der Waals surface area contributed by atoms with Crippen LogP contribution in [0.1, 0.15) is 37.8 Å². The van der Waals surface area contributed by atoms with Crippen molar-refractivity contribution in [2.75, 3.05) is 0 Å². The summed E-state index contributed by atoms with van der Waals surface area (Å²) in [5, 5.41) is 0. The van der Waals surface area contributed by atoms with Gasteiger partial charge in [0, 0.05) is 12.3 Å². The van der Waals surface area contributed by atoms with Crippen LogP contribution in [0.2, 0.25) is 0 Å². The summed E-state index contributed by atoms with van der Waals surface area (Å²) in [4.78, 5) is 11.7. The molecule has 0 fully saturated rings. The SMILES string of the molecule is Cc1cc(Oc2ccccc2)ccc1CCCC(=O)C(C)C. The maximum atomic E-state index is 11.7. The zero-order valence-corrected chi connectivity index (χ0v) is 13.6. The monoisotopic (exact) mass is 296 g/mol. The smallest absolute Gasteiger partial charge is 0.135 e. The molecule has 2 heteroatoms. The minimum Gasteiger partial charge on any atom is -0.457 e. The second kappa shape index (κ2) is 7.79. The molecular weight excluding hydrogens is 272 g/mol. The summed E-state index contributed by atoms with van der Waals surface area (Å²) in [5.41, 5.74) is 2.50. The van der Waals surface area contributed by atoms with Crippen molar-refractivity contribution >= 4 is 5.78 Å². The molecule has 0 amide bonds. The van der Waals surface area contributed by atoms with Gasteiger partial charge in [0.05, 0.1) is 0 Å². The molecule has 0 heterocycles. The van der Waals surface area contributed by atoms with Crippen molar-refractivity contribution < 1.29 is 9.53 Å². The predicted molar refractivity (Wildman–Crippen MR) is 90.5 cm³/mol. The van der Waals surface area contributed by atoms with E-state index in [1.807, 2.05) is 50.2 Å². The summed E-state index contributed by atoms with van der Waals surface area (Å²) in [6.07, 6.45) is 2.52. The lowest BCUT2D eigenvalue weighted by Crippen LogP contribution is -2.07.